The van der Waals surface area contributed by atoms with Gasteiger partial charge in [-0.3, -0.25) is 4.79 Å². The number of amides is 1. The minimum absolute atomic E-state index is 0.0596. The van der Waals surface area contributed by atoms with Crippen LogP contribution >= 0.6 is 0 Å². The van der Waals surface area contributed by atoms with E-state index in [1.54, 1.807) is 12.1 Å². The predicted molar refractivity (Wildman–Crippen MR) is 95.9 cm³/mol. The van der Waals surface area contributed by atoms with E-state index in [-0.39, 0.29) is 18.1 Å². The molecule has 1 amide bonds. The van der Waals surface area contributed by atoms with Crippen LogP contribution in [0.3, 0.4) is 0 Å². The first-order chi connectivity index (χ1) is 12.0. The zero-order valence-corrected chi connectivity index (χ0v) is 14.5. The van der Waals surface area contributed by atoms with Crippen LogP contribution in [0.1, 0.15) is 47.7 Å². The second kappa shape index (κ2) is 8.87. The molecule has 0 aliphatic heterocycles. The number of hydrogen-bond donors (Lipinski definition) is 2. The first kappa shape index (κ1) is 18.5. The van der Waals surface area contributed by atoms with Crippen molar-refractivity contribution in [3.05, 3.63) is 65.2 Å². The Kier molecular flexibility index (Phi) is 6.57. The highest BCUT2D eigenvalue weighted by Crippen LogP contribution is 2.21. The van der Waals surface area contributed by atoms with Crippen molar-refractivity contribution < 1.29 is 19.4 Å². The van der Waals surface area contributed by atoms with Crippen molar-refractivity contribution in [3.8, 4) is 5.75 Å². The Balaban J connectivity index is 1.77. The van der Waals surface area contributed by atoms with Gasteiger partial charge in [-0.1, -0.05) is 38.1 Å². The Morgan fingerprint density at radius 2 is 1.72 bits per heavy atom. The molecule has 0 saturated carbocycles. The Morgan fingerprint density at radius 3 is 2.28 bits per heavy atom. The SMILES string of the molecule is CCC(C)c1ccc(OCC(=O)NCc2ccc(C(=O)O)cc2)cc1. The first-order valence-electron chi connectivity index (χ1n) is 8.31. The average Bonchev–Trinajstić information content (AvgIpc) is 2.64. The van der Waals surface area contributed by atoms with Gasteiger partial charge in [0.1, 0.15) is 5.75 Å². The molecule has 1 unspecified atom stereocenters. The second-order valence-corrected chi connectivity index (χ2v) is 5.95. The van der Waals surface area contributed by atoms with Gasteiger partial charge < -0.3 is 15.2 Å². The maximum atomic E-state index is 11.9. The molecule has 2 N–H and O–H groups in total. The third-order valence-electron chi connectivity index (χ3n) is 4.12. The lowest BCUT2D eigenvalue weighted by Crippen LogP contribution is -2.28. The normalized spacial score (nSPS) is 11.6. The fourth-order valence-corrected chi connectivity index (χ4v) is 2.29. The van der Waals surface area contributed by atoms with Crippen LogP contribution < -0.4 is 10.1 Å². The summed E-state index contributed by atoms with van der Waals surface area (Å²) in [7, 11) is 0. The standard InChI is InChI=1S/C20H23NO4/c1-3-14(2)16-8-10-18(11-9-16)25-13-19(22)21-12-15-4-6-17(7-5-15)20(23)24/h4-11,14H,3,12-13H2,1-2H3,(H,21,22)(H,23,24). The summed E-state index contributed by atoms with van der Waals surface area (Å²) in [6.45, 7) is 4.59. The van der Waals surface area contributed by atoms with Crippen LogP contribution in [0.15, 0.2) is 48.5 Å². The molecular formula is C20H23NO4. The predicted octanol–water partition coefficient (Wildman–Crippen LogP) is 3.59. The summed E-state index contributed by atoms with van der Waals surface area (Å²) in [5.74, 6) is -0.0328. The van der Waals surface area contributed by atoms with Crippen molar-refractivity contribution in [1.82, 2.24) is 5.32 Å². The molecule has 0 aliphatic carbocycles. The van der Waals surface area contributed by atoms with E-state index in [1.807, 2.05) is 24.3 Å². The van der Waals surface area contributed by atoms with Crippen LogP contribution in [0.5, 0.6) is 5.75 Å². The van der Waals surface area contributed by atoms with Crippen LogP contribution in [-0.4, -0.2) is 23.6 Å². The molecule has 0 radical (unpaired) electrons. The highest BCUT2D eigenvalue weighted by atomic mass is 16.5. The molecule has 0 heterocycles. The van der Waals surface area contributed by atoms with Crippen LogP contribution in [0.2, 0.25) is 0 Å². The third-order valence-corrected chi connectivity index (χ3v) is 4.12. The highest BCUT2D eigenvalue weighted by molar-refractivity contribution is 5.87. The maximum absolute atomic E-state index is 11.9. The van der Waals surface area contributed by atoms with Gasteiger partial charge in [-0.2, -0.15) is 0 Å². The summed E-state index contributed by atoms with van der Waals surface area (Å²) < 4.78 is 5.49. The molecular weight excluding hydrogens is 318 g/mol. The molecule has 25 heavy (non-hydrogen) atoms. The molecule has 132 valence electrons. The summed E-state index contributed by atoms with van der Waals surface area (Å²) >= 11 is 0. The summed E-state index contributed by atoms with van der Waals surface area (Å²) in [6.07, 6.45) is 1.08. The second-order valence-electron chi connectivity index (χ2n) is 5.95. The number of carbonyl (C=O) groups excluding carboxylic acids is 1. The number of aromatic carboxylic acids is 1. The van der Waals surface area contributed by atoms with Crippen LogP contribution in [0, 0.1) is 0 Å². The zero-order chi connectivity index (χ0) is 18.2. The van der Waals surface area contributed by atoms with E-state index in [2.05, 4.69) is 19.2 Å². The van der Waals surface area contributed by atoms with Crippen LogP contribution in [0.4, 0.5) is 0 Å². The molecule has 5 nitrogen and oxygen atoms in total. The van der Waals surface area contributed by atoms with Crippen molar-refractivity contribution in [2.75, 3.05) is 6.61 Å². The molecule has 2 aromatic rings. The molecule has 0 bridgehead atoms. The van der Waals surface area contributed by atoms with E-state index in [0.717, 1.165) is 12.0 Å². The molecule has 0 fully saturated rings. The minimum atomic E-state index is -0.969. The smallest absolute Gasteiger partial charge is 0.335 e. The van der Waals surface area contributed by atoms with Crippen molar-refractivity contribution in [3.63, 3.8) is 0 Å². The Hall–Kier alpha value is -2.82. The summed E-state index contributed by atoms with van der Waals surface area (Å²) in [5, 5.41) is 11.6. The minimum Gasteiger partial charge on any atom is -0.484 e. The quantitative estimate of drug-likeness (QED) is 0.769. The van der Waals surface area contributed by atoms with E-state index < -0.39 is 5.97 Å². The molecule has 2 aromatic carbocycles. The lowest BCUT2D eigenvalue weighted by Gasteiger charge is -2.11. The Morgan fingerprint density at radius 1 is 1.08 bits per heavy atom. The number of benzene rings is 2. The summed E-state index contributed by atoms with van der Waals surface area (Å²) in [4.78, 5) is 22.6. The molecule has 0 spiro atoms. The van der Waals surface area contributed by atoms with E-state index in [4.69, 9.17) is 9.84 Å². The number of carboxylic acid groups (broad SMARTS) is 1. The molecule has 0 saturated heterocycles. The number of carboxylic acids is 1. The fraction of sp³-hybridized carbons (Fsp3) is 0.300. The van der Waals surface area contributed by atoms with E-state index in [9.17, 15) is 9.59 Å². The maximum Gasteiger partial charge on any atom is 0.335 e. The number of nitrogens with one attached hydrogen (secondary N) is 1. The molecule has 5 heteroatoms. The average molecular weight is 341 g/mol. The van der Waals surface area contributed by atoms with Crippen molar-refractivity contribution in [2.45, 2.75) is 32.7 Å². The van der Waals surface area contributed by atoms with Gasteiger partial charge in [0.2, 0.25) is 0 Å². The lowest BCUT2D eigenvalue weighted by atomic mass is 9.99. The van der Waals surface area contributed by atoms with Gasteiger partial charge in [0.05, 0.1) is 5.56 Å². The molecule has 2 rings (SSSR count). The van der Waals surface area contributed by atoms with E-state index in [0.29, 0.717) is 18.2 Å². The highest BCUT2D eigenvalue weighted by Gasteiger charge is 2.06. The Bertz CT molecular complexity index is 707. The number of ether oxygens (including phenoxy) is 1. The van der Waals surface area contributed by atoms with Gasteiger partial charge in [-0.15, -0.1) is 0 Å². The third kappa shape index (κ3) is 5.64. The van der Waals surface area contributed by atoms with Crippen LogP contribution in [-0.2, 0) is 11.3 Å². The first-order valence-corrected chi connectivity index (χ1v) is 8.31. The summed E-state index contributed by atoms with van der Waals surface area (Å²) in [6, 6.07) is 14.2. The lowest BCUT2D eigenvalue weighted by molar-refractivity contribution is -0.123. The van der Waals surface area contributed by atoms with Crippen molar-refractivity contribution in [2.24, 2.45) is 0 Å². The van der Waals surface area contributed by atoms with Crippen molar-refractivity contribution >= 4 is 11.9 Å². The monoisotopic (exact) mass is 341 g/mol. The summed E-state index contributed by atoms with van der Waals surface area (Å²) in [5.41, 5.74) is 2.31. The van der Waals surface area contributed by atoms with Gasteiger partial charge in [0.25, 0.3) is 5.91 Å². The number of rotatable bonds is 8. The van der Waals surface area contributed by atoms with Gasteiger partial charge in [0, 0.05) is 6.54 Å². The fourth-order valence-electron chi connectivity index (χ4n) is 2.29. The Labute approximate surface area is 147 Å². The van der Waals surface area contributed by atoms with Crippen LogP contribution in [0.25, 0.3) is 0 Å². The molecule has 0 aliphatic rings. The molecule has 0 aromatic heterocycles. The van der Waals surface area contributed by atoms with Gasteiger partial charge in [-0.05, 0) is 47.7 Å². The largest absolute Gasteiger partial charge is 0.484 e. The zero-order valence-electron chi connectivity index (χ0n) is 14.5. The van der Waals surface area contributed by atoms with E-state index in [1.165, 1.54) is 17.7 Å². The van der Waals surface area contributed by atoms with E-state index >= 15 is 0 Å². The topological polar surface area (TPSA) is 75.6 Å². The number of carbonyl (C=O) groups is 2. The molecule has 1 atom stereocenters. The number of hydrogen-bond acceptors (Lipinski definition) is 3. The van der Waals surface area contributed by atoms with Gasteiger partial charge in [0.15, 0.2) is 6.61 Å². The van der Waals surface area contributed by atoms with Gasteiger partial charge in [-0.25, -0.2) is 4.79 Å². The van der Waals surface area contributed by atoms with Crippen molar-refractivity contribution in [1.29, 1.82) is 0 Å². The van der Waals surface area contributed by atoms with Gasteiger partial charge >= 0.3 is 5.97 Å².